The number of hydrogen-bond acceptors (Lipinski definition) is 3. The zero-order valence-electron chi connectivity index (χ0n) is 12.9. The van der Waals surface area contributed by atoms with Gasteiger partial charge in [-0.05, 0) is 30.7 Å². The van der Waals surface area contributed by atoms with Crippen LogP contribution in [0.15, 0.2) is 23.1 Å². The molecule has 20 heavy (non-hydrogen) atoms. The Balaban J connectivity index is 2.62. The molecule has 2 N–H and O–H groups in total. The first kappa shape index (κ1) is 16.9. The van der Waals surface area contributed by atoms with Crippen molar-refractivity contribution in [3.8, 4) is 0 Å². The average Bonchev–Trinajstić information content (AvgIpc) is 2.31. The summed E-state index contributed by atoms with van der Waals surface area (Å²) < 4.78 is 5.06. The van der Waals surface area contributed by atoms with Gasteiger partial charge in [-0.25, -0.2) is 4.79 Å². The molecule has 1 rings (SSSR count). The zero-order valence-corrected chi connectivity index (χ0v) is 13.7. The van der Waals surface area contributed by atoms with Gasteiger partial charge in [0.25, 0.3) is 0 Å². The number of ether oxygens (including phenoxy) is 1. The van der Waals surface area contributed by atoms with Crippen molar-refractivity contribution >= 4 is 23.5 Å². The van der Waals surface area contributed by atoms with Crippen LogP contribution in [0.1, 0.15) is 26.3 Å². The van der Waals surface area contributed by atoms with Crippen molar-refractivity contribution in [3.05, 3.63) is 23.8 Å². The SMILES string of the molecule is COCCNC(=O)Nc1ccc(SC(C)(C)C)cc1C. The lowest BCUT2D eigenvalue weighted by atomic mass is 10.2. The first-order chi connectivity index (χ1) is 9.31. The summed E-state index contributed by atoms with van der Waals surface area (Å²) in [6.45, 7) is 9.55. The summed E-state index contributed by atoms with van der Waals surface area (Å²) in [5.41, 5.74) is 1.89. The molecular weight excluding hydrogens is 272 g/mol. The van der Waals surface area contributed by atoms with E-state index < -0.39 is 0 Å². The van der Waals surface area contributed by atoms with E-state index in [0.29, 0.717) is 13.2 Å². The average molecular weight is 296 g/mol. The number of anilines is 1. The number of carbonyl (C=O) groups is 1. The van der Waals surface area contributed by atoms with Crippen LogP contribution in [0.3, 0.4) is 0 Å². The summed E-state index contributed by atoms with van der Waals surface area (Å²) in [7, 11) is 1.61. The zero-order chi connectivity index (χ0) is 15.2. The van der Waals surface area contributed by atoms with Gasteiger partial charge in [0.15, 0.2) is 0 Å². The van der Waals surface area contributed by atoms with Crippen molar-refractivity contribution in [2.45, 2.75) is 37.3 Å². The van der Waals surface area contributed by atoms with Gasteiger partial charge in [-0.15, -0.1) is 11.8 Å². The fourth-order valence-corrected chi connectivity index (χ4v) is 2.71. The molecule has 0 atom stereocenters. The summed E-state index contributed by atoms with van der Waals surface area (Å²) in [5.74, 6) is 0. The molecule has 0 saturated carbocycles. The number of nitrogens with one attached hydrogen (secondary N) is 2. The van der Waals surface area contributed by atoms with E-state index in [2.05, 4.69) is 37.5 Å². The minimum Gasteiger partial charge on any atom is -0.383 e. The highest BCUT2D eigenvalue weighted by molar-refractivity contribution is 8.00. The standard InChI is InChI=1S/C15H24N2O2S/c1-11-10-12(20-15(2,3)4)6-7-13(11)17-14(18)16-8-9-19-5/h6-7,10H,8-9H2,1-5H3,(H2,16,17,18). The topological polar surface area (TPSA) is 50.4 Å². The largest absolute Gasteiger partial charge is 0.383 e. The van der Waals surface area contributed by atoms with Gasteiger partial charge in [-0.2, -0.15) is 0 Å². The van der Waals surface area contributed by atoms with Crippen LogP contribution < -0.4 is 10.6 Å². The molecule has 0 fully saturated rings. The van der Waals surface area contributed by atoms with Crippen LogP contribution in [0.5, 0.6) is 0 Å². The molecule has 0 heterocycles. The highest BCUT2D eigenvalue weighted by atomic mass is 32.2. The summed E-state index contributed by atoms with van der Waals surface area (Å²) >= 11 is 1.81. The van der Waals surface area contributed by atoms with Crippen molar-refractivity contribution in [3.63, 3.8) is 0 Å². The van der Waals surface area contributed by atoms with Crippen LogP contribution >= 0.6 is 11.8 Å². The molecule has 0 bridgehead atoms. The van der Waals surface area contributed by atoms with E-state index in [9.17, 15) is 4.79 Å². The molecular formula is C15H24N2O2S. The predicted molar refractivity (Wildman–Crippen MR) is 85.7 cm³/mol. The molecule has 0 aliphatic heterocycles. The molecule has 0 aliphatic rings. The second kappa shape index (κ2) is 7.55. The van der Waals surface area contributed by atoms with Crippen LogP contribution in [0, 0.1) is 6.92 Å². The Labute approximate surface area is 125 Å². The van der Waals surface area contributed by atoms with Gasteiger partial charge < -0.3 is 15.4 Å². The van der Waals surface area contributed by atoms with Crippen LogP contribution in [0.2, 0.25) is 0 Å². The van der Waals surface area contributed by atoms with Crippen molar-refractivity contribution in [1.29, 1.82) is 0 Å². The van der Waals surface area contributed by atoms with E-state index in [1.54, 1.807) is 7.11 Å². The fourth-order valence-electron chi connectivity index (χ4n) is 1.63. The molecule has 5 heteroatoms. The Morgan fingerprint density at radius 2 is 2.05 bits per heavy atom. The molecule has 0 spiro atoms. The number of amides is 2. The minimum atomic E-state index is -0.207. The second-order valence-electron chi connectivity index (χ2n) is 5.56. The molecule has 1 aromatic rings. The Bertz CT molecular complexity index is 456. The fraction of sp³-hybridized carbons (Fsp3) is 0.533. The van der Waals surface area contributed by atoms with Gasteiger partial charge in [0.1, 0.15) is 0 Å². The highest BCUT2D eigenvalue weighted by Gasteiger charge is 2.13. The van der Waals surface area contributed by atoms with E-state index in [-0.39, 0.29) is 10.8 Å². The maximum Gasteiger partial charge on any atom is 0.319 e. The summed E-state index contributed by atoms with van der Waals surface area (Å²) in [6, 6.07) is 5.87. The monoisotopic (exact) mass is 296 g/mol. The van der Waals surface area contributed by atoms with Gasteiger partial charge in [-0.3, -0.25) is 0 Å². The maximum atomic E-state index is 11.7. The van der Waals surface area contributed by atoms with Gasteiger partial charge in [0.05, 0.1) is 6.61 Å². The van der Waals surface area contributed by atoms with Crippen molar-refractivity contribution in [2.75, 3.05) is 25.6 Å². The molecule has 0 aromatic heterocycles. The lowest BCUT2D eigenvalue weighted by Gasteiger charge is -2.18. The Kier molecular flexibility index (Phi) is 6.36. The lowest BCUT2D eigenvalue weighted by Crippen LogP contribution is -2.31. The molecule has 2 amide bonds. The maximum absolute atomic E-state index is 11.7. The second-order valence-corrected chi connectivity index (χ2v) is 7.47. The van der Waals surface area contributed by atoms with E-state index in [0.717, 1.165) is 11.3 Å². The van der Waals surface area contributed by atoms with Gasteiger partial charge in [-0.1, -0.05) is 20.8 Å². The van der Waals surface area contributed by atoms with Crippen molar-refractivity contribution in [2.24, 2.45) is 0 Å². The Morgan fingerprint density at radius 1 is 1.35 bits per heavy atom. The number of carbonyl (C=O) groups excluding carboxylic acids is 1. The minimum absolute atomic E-state index is 0.179. The molecule has 0 saturated heterocycles. The van der Waals surface area contributed by atoms with E-state index >= 15 is 0 Å². The third kappa shape index (κ3) is 6.30. The number of rotatable bonds is 5. The third-order valence-corrected chi connectivity index (χ3v) is 3.56. The summed E-state index contributed by atoms with van der Waals surface area (Å²) in [6.07, 6.45) is 0. The van der Waals surface area contributed by atoms with Gasteiger partial charge in [0.2, 0.25) is 0 Å². The summed E-state index contributed by atoms with van der Waals surface area (Å²) in [4.78, 5) is 12.9. The van der Waals surface area contributed by atoms with Crippen LogP contribution in [0.4, 0.5) is 10.5 Å². The number of hydrogen-bond donors (Lipinski definition) is 2. The molecule has 4 nitrogen and oxygen atoms in total. The van der Waals surface area contributed by atoms with Crippen LogP contribution in [-0.4, -0.2) is 31.0 Å². The molecule has 112 valence electrons. The smallest absolute Gasteiger partial charge is 0.319 e. The Hall–Kier alpha value is -1.20. The molecule has 0 aliphatic carbocycles. The molecule has 1 aromatic carbocycles. The quantitative estimate of drug-likeness (QED) is 0.644. The number of thioether (sulfide) groups is 1. The normalized spacial score (nSPS) is 11.2. The van der Waals surface area contributed by atoms with Gasteiger partial charge in [0, 0.05) is 29.0 Å². The van der Waals surface area contributed by atoms with Crippen molar-refractivity contribution in [1.82, 2.24) is 5.32 Å². The Morgan fingerprint density at radius 3 is 2.60 bits per heavy atom. The number of aryl methyl sites for hydroxylation is 1. The first-order valence-electron chi connectivity index (χ1n) is 6.65. The number of urea groups is 1. The van der Waals surface area contributed by atoms with E-state index in [1.807, 2.05) is 30.8 Å². The van der Waals surface area contributed by atoms with Crippen LogP contribution in [-0.2, 0) is 4.74 Å². The van der Waals surface area contributed by atoms with Crippen molar-refractivity contribution < 1.29 is 9.53 Å². The van der Waals surface area contributed by atoms with Gasteiger partial charge >= 0.3 is 6.03 Å². The number of benzene rings is 1. The third-order valence-electron chi connectivity index (χ3n) is 2.46. The summed E-state index contributed by atoms with van der Waals surface area (Å²) in [5, 5.41) is 5.58. The predicted octanol–water partition coefficient (Wildman–Crippen LogP) is 3.65. The highest BCUT2D eigenvalue weighted by Crippen LogP contribution is 2.33. The van der Waals surface area contributed by atoms with Crippen LogP contribution in [0.25, 0.3) is 0 Å². The van der Waals surface area contributed by atoms with E-state index in [4.69, 9.17) is 4.74 Å². The molecule has 0 radical (unpaired) electrons. The molecule has 0 unspecified atom stereocenters. The van der Waals surface area contributed by atoms with E-state index in [1.165, 1.54) is 4.90 Å². The first-order valence-corrected chi connectivity index (χ1v) is 7.47. The number of methoxy groups -OCH3 is 1. The lowest BCUT2D eigenvalue weighted by molar-refractivity contribution is 0.198.